The molecule has 1 aliphatic rings. The number of hydrogen-bond acceptors (Lipinski definition) is 10. The summed E-state index contributed by atoms with van der Waals surface area (Å²) >= 11 is 0. The van der Waals surface area contributed by atoms with E-state index < -0.39 is 81.4 Å². The number of allylic oxidation sites excluding steroid dienone is 2. The summed E-state index contributed by atoms with van der Waals surface area (Å²) in [5.41, 5.74) is -7.45. The van der Waals surface area contributed by atoms with Crippen molar-refractivity contribution in [2.75, 3.05) is 0 Å². The first-order chi connectivity index (χ1) is 15.6. The highest BCUT2D eigenvalue weighted by atomic mass is 16.6. The van der Waals surface area contributed by atoms with E-state index in [1.807, 2.05) is 0 Å². The summed E-state index contributed by atoms with van der Waals surface area (Å²) in [6.45, 7) is 0. The van der Waals surface area contributed by atoms with Gasteiger partial charge in [0.2, 0.25) is 0 Å². The number of nitriles is 2. The summed E-state index contributed by atoms with van der Waals surface area (Å²) in [5, 5.41) is 74.2. The number of hydrogen-bond donors (Lipinski definition) is 0. The van der Waals surface area contributed by atoms with E-state index >= 15 is 0 Å². The van der Waals surface area contributed by atoms with Crippen LogP contribution in [0.4, 0.5) is 22.7 Å². The fourth-order valence-corrected chi connectivity index (χ4v) is 3.43. The minimum absolute atomic E-state index is 0.436. The van der Waals surface area contributed by atoms with Crippen molar-refractivity contribution in [2.24, 2.45) is 0 Å². The Bertz CT molecular complexity index is 1420. The molecule has 0 aliphatic heterocycles. The lowest BCUT2D eigenvalue weighted by Crippen LogP contribution is -1.99. The van der Waals surface area contributed by atoms with Crippen LogP contribution in [0.25, 0.3) is 22.1 Å². The van der Waals surface area contributed by atoms with Gasteiger partial charge in [-0.05, 0) is 0 Å². The highest BCUT2D eigenvalue weighted by Crippen LogP contribution is 2.55. The summed E-state index contributed by atoms with van der Waals surface area (Å²) in [7, 11) is 0. The molecule has 3 rings (SSSR count). The molecule has 0 saturated heterocycles. The van der Waals surface area contributed by atoms with E-state index in [0.29, 0.717) is 12.1 Å². The van der Waals surface area contributed by atoms with Crippen LogP contribution in [-0.2, 0) is 0 Å². The number of rotatable bonds is 5. The molecular formula is C18H4N7O8-. The van der Waals surface area contributed by atoms with E-state index in [0.717, 1.165) is 12.1 Å². The summed E-state index contributed by atoms with van der Waals surface area (Å²) in [6, 6.07) is 5.61. The zero-order valence-electron chi connectivity index (χ0n) is 15.7. The third-order valence-corrected chi connectivity index (χ3v) is 4.64. The molecule has 0 spiro atoms. The SMILES string of the molecule is N#CC(=C=[N-])C(C#N)=C1c2cc([N+](=O)[O-])cc([N+](=O)[O-])c2-c2c1cc([N+](=O)[O-])cc2[N+](=O)[O-]. The van der Waals surface area contributed by atoms with Gasteiger partial charge in [-0.25, -0.2) is 5.87 Å². The van der Waals surface area contributed by atoms with Gasteiger partial charge in [0, 0.05) is 28.8 Å². The van der Waals surface area contributed by atoms with Gasteiger partial charge in [0.1, 0.15) is 12.1 Å². The van der Waals surface area contributed by atoms with E-state index in [2.05, 4.69) is 0 Å². The molecule has 1 aliphatic carbocycles. The van der Waals surface area contributed by atoms with Gasteiger partial charge >= 0.3 is 0 Å². The van der Waals surface area contributed by atoms with E-state index in [1.165, 1.54) is 11.9 Å². The molecule has 33 heavy (non-hydrogen) atoms. The van der Waals surface area contributed by atoms with Crippen LogP contribution in [0.15, 0.2) is 35.4 Å². The molecule has 0 amide bonds. The third kappa shape index (κ3) is 3.30. The lowest BCUT2D eigenvalue weighted by atomic mass is 9.94. The predicted octanol–water partition coefficient (Wildman–Crippen LogP) is 3.31. The fourth-order valence-electron chi connectivity index (χ4n) is 3.43. The number of nitro benzene ring substituents is 4. The smallest absolute Gasteiger partial charge is 0.284 e. The number of benzene rings is 2. The van der Waals surface area contributed by atoms with Crippen molar-refractivity contribution in [2.45, 2.75) is 0 Å². The van der Waals surface area contributed by atoms with Crippen molar-refractivity contribution < 1.29 is 19.7 Å². The Labute approximate surface area is 180 Å². The molecule has 15 heteroatoms. The number of non-ortho nitro benzene ring substituents is 2. The van der Waals surface area contributed by atoms with Crippen molar-refractivity contribution in [3.63, 3.8) is 0 Å². The Kier molecular flexibility index (Phi) is 5.18. The van der Waals surface area contributed by atoms with E-state index in [1.54, 1.807) is 6.07 Å². The van der Waals surface area contributed by atoms with Crippen LogP contribution in [-0.4, -0.2) is 25.6 Å². The Morgan fingerprint density at radius 3 is 1.42 bits per heavy atom. The van der Waals surface area contributed by atoms with Gasteiger partial charge in [0.15, 0.2) is 0 Å². The monoisotopic (exact) mass is 446 g/mol. The van der Waals surface area contributed by atoms with Crippen LogP contribution in [0.3, 0.4) is 0 Å². The fraction of sp³-hybridized carbons (Fsp3) is 0. The van der Waals surface area contributed by atoms with Crippen LogP contribution >= 0.6 is 0 Å². The highest BCUT2D eigenvalue weighted by Gasteiger charge is 2.41. The average Bonchev–Trinajstić information content (AvgIpc) is 3.09. The highest BCUT2D eigenvalue weighted by molar-refractivity contribution is 6.11. The van der Waals surface area contributed by atoms with Gasteiger partial charge in [0.25, 0.3) is 22.7 Å². The molecule has 0 bridgehead atoms. The number of nitrogens with zero attached hydrogens (tertiary/aromatic N) is 7. The van der Waals surface area contributed by atoms with Crippen LogP contribution in [0, 0.1) is 63.1 Å². The number of nitro groups is 4. The molecule has 0 N–H and O–H groups in total. The largest absolute Gasteiger partial charge is 0.762 e. The molecule has 0 fully saturated rings. The summed E-state index contributed by atoms with van der Waals surface area (Å²) in [6.07, 6.45) is 0. The molecule has 0 unspecified atom stereocenters. The van der Waals surface area contributed by atoms with Gasteiger partial charge in [-0.2, -0.15) is 10.5 Å². The molecule has 2 aromatic carbocycles. The Hall–Kier alpha value is -5.79. The molecule has 0 saturated carbocycles. The van der Waals surface area contributed by atoms with Crippen molar-refractivity contribution in [1.29, 1.82) is 10.5 Å². The van der Waals surface area contributed by atoms with E-state index in [4.69, 9.17) is 0 Å². The Morgan fingerprint density at radius 1 is 0.727 bits per heavy atom. The molecule has 15 nitrogen and oxygen atoms in total. The lowest BCUT2D eigenvalue weighted by molar-refractivity contribution is -0.395. The maximum absolute atomic E-state index is 11.7. The topological polar surface area (TPSA) is 242 Å². The molecule has 0 heterocycles. The molecular weight excluding hydrogens is 442 g/mol. The van der Waals surface area contributed by atoms with E-state index in [9.17, 15) is 56.4 Å². The van der Waals surface area contributed by atoms with Crippen molar-refractivity contribution in [3.05, 3.63) is 92.4 Å². The molecule has 0 aromatic heterocycles. The zero-order valence-corrected chi connectivity index (χ0v) is 15.7. The van der Waals surface area contributed by atoms with Crippen LogP contribution in [0.1, 0.15) is 11.1 Å². The first kappa shape index (κ1) is 21.9. The Balaban J connectivity index is 2.74. The number of fused-ring (bicyclic) bond motifs is 3. The quantitative estimate of drug-likeness (QED) is 0.239. The standard InChI is InChI=1S/C18H4N7O8/c19-5-8(6-20)13(7-21)16-11-1-9(22(26)27)3-14(24(30)31)17(11)18-12(16)2-10(23(28)29)4-15(18)25(32)33/h1-4H/q-1. The first-order valence-corrected chi connectivity index (χ1v) is 8.34. The second-order valence-electron chi connectivity index (χ2n) is 6.26. The molecule has 2 aromatic rings. The maximum Gasteiger partial charge on any atom is 0.284 e. The zero-order chi connectivity index (χ0) is 24.6. The predicted molar refractivity (Wildman–Crippen MR) is 108 cm³/mol. The third-order valence-electron chi connectivity index (χ3n) is 4.64. The minimum Gasteiger partial charge on any atom is -0.762 e. The Morgan fingerprint density at radius 2 is 1.15 bits per heavy atom. The van der Waals surface area contributed by atoms with E-state index in [-0.39, 0.29) is 0 Å². The van der Waals surface area contributed by atoms with Gasteiger partial charge in [-0.15, -0.1) is 0 Å². The van der Waals surface area contributed by atoms with Crippen LogP contribution < -0.4 is 0 Å². The van der Waals surface area contributed by atoms with Gasteiger partial charge in [0.05, 0.1) is 54.1 Å². The lowest BCUT2D eigenvalue weighted by Gasteiger charge is -2.06. The van der Waals surface area contributed by atoms with Crippen molar-refractivity contribution in [1.82, 2.24) is 0 Å². The molecule has 160 valence electrons. The molecule has 0 radical (unpaired) electrons. The van der Waals surface area contributed by atoms with Crippen molar-refractivity contribution in [3.8, 4) is 23.3 Å². The van der Waals surface area contributed by atoms with Crippen LogP contribution in [0.5, 0.6) is 0 Å². The van der Waals surface area contributed by atoms with Gasteiger partial charge in [-0.1, -0.05) is 0 Å². The summed E-state index contributed by atoms with van der Waals surface area (Å²) in [4.78, 5) is 42.0. The normalized spacial score (nSPS) is 10.7. The minimum atomic E-state index is -1.05. The second kappa shape index (κ2) is 7.80. The van der Waals surface area contributed by atoms with Crippen molar-refractivity contribution >= 4 is 34.2 Å². The summed E-state index contributed by atoms with van der Waals surface area (Å²) in [5.74, 6) is 1.43. The average molecular weight is 446 g/mol. The second-order valence-corrected chi connectivity index (χ2v) is 6.26. The van der Waals surface area contributed by atoms with Gasteiger partial charge in [-0.3, -0.25) is 40.5 Å². The van der Waals surface area contributed by atoms with Crippen LogP contribution in [0.2, 0.25) is 0 Å². The first-order valence-electron chi connectivity index (χ1n) is 8.34. The molecule has 0 atom stereocenters. The summed E-state index contributed by atoms with van der Waals surface area (Å²) < 4.78 is 0. The van der Waals surface area contributed by atoms with Gasteiger partial charge < -0.3 is 5.41 Å². The maximum atomic E-state index is 11.7.